The predicted octanol–water partition coefficient (Wildman–Crippen LogP) is 3.03. The number of imide groups is 1. The number of amides is 2. The fraction of sp³-hybridized carbons (Fsp3) is 0.0455. The zero-order valence-electron chi connectivity index (χ0n) is 16.1. The molecule has 3 aromatic rings. The molecule has 0 bridgehead atoms. The molecular formula is C22H15NO7S. The van der Waals surface area contributed by atoms with Crippen LogP contribution in [0.4, 0.5) is 5.69 Å². The van der Waals surface area contributed by atoms with Crippen LogP contribution in [-0.4, -0.2) is 38.4 Å². The van der Waals surface area contributed by atoms with Crippen molar-refractivity contribution in [3.05, 3.63) is 83.4 Å². The Morgan fingerprint density at radius 3 is 2.13 bits per heavy atom. The lowest BCUT2D eigenvalue weighted by atomic mass is 10.1. The van der Waals surface area contributed by atoms with Gasteiger partial charge >= 0.3 is 5.97 Å². The molecule has 0 radical (unpaired) electrons. The van der Waals surface area contributed by atoms with Crippen molar-refractivity contribution in [2.45, 2.75) is 9.79 Å². The number of carboxylic acids is 1. The van der Waals surface area contributed by atoms with Crippen LogP contribution in [0.15, 0.2) is 76.5 Å². The molecule has 1 aliphatic rings. The van der Waals surface area contributed by atoms with Gasteiger partial charge in [0.15, 0.2) is 0 Å². The number of sulfone groups is 1. The fourth-order valence-corrected chi connectivity index (χ4v) is 4.62. The molecule has 0 fully saturated rings. The molecule has 9 heteroatoms. The second-order valence-corrected chi connectivity index (χ2v) is 8.61. The number of hydrogen-bond donors (Lipinski definition) is 1. The molecule has 1 heterocycles. The molecule has 0 aromatic heterocycles. The number of ether oxygens (including phenoxy) is 1. The summed E-state index contributed by atoms with van der Waals surface area (Å²) in [5.74, 6) is -2.10. The second-order valence-electron chi connectivity index (χ2n) is 6.66. The molecule has 0 saturated heterocycles. The molecular weight excluding hydrogens is 422 g/mol. The van der Waals surface area contributed by atoms with Gasteiger partial charge in [0, 0.05) is 0 Å². The number of carbonyl (C=O) groups excluding carboxylic acids is 2. The number of benzene rings is 3. The monoisotopic (exact) mass is 437 g/mol. The Bertz CT molecular complexity index is 1340. The highest BCUT2D eigenvalue weighted by Crippen LogP contribution is 2.36. The van der Waals surface area contributed by atoms with E-state index in [9.17, 15) is 22.8 Å². The average Bonchev–Trinajstić information content (AvgIpc) is 3.03. The molecule has 1 N–H and O–H groups in total. The van der Waals surface area contributed by atoms with Crippen LogP contribution in [0.5, 0.6) is 5.75 Å². The number of hydrogen-bond acceptors (Lipinski definition) is 6. The minimum atomic E-state index is -4.04. The third-order valence-electron chi connectivity index (χ3n) is 4.91. The number of anilines is 1. The van der Waals surface area contributed by atoms with Gasteiger partial charge in [-0.3, -0.25) is 9.59 Å². The first-order chi connectivity index (χ1) is 14.8. The maximum atomic E-state index is 13.0. The van der Waals surface area contributed by atoms with Gasteiger partial charge in [0.1, 0.15) is 5.75 Å². The van der Waals surface area contributed by atoms with E-state index in [2.05, 4.69) is 0 Å². The molecule has 2 amide bonds. The van der Waals surface area contributed by atoms with Crippen molar-refractivity contribution >= 4 is 33.3 Å². The van der Waals surface area contributed by atoms with Crippen LogP contribution in [0.25, 0.3) is 0 Å². The number of methoxy groups -OCH3 is 1. The number of aromatic carboxylic acids is 1. The van der Waals surface area contributed by atoms with Gasteiger partial charge in [0.25, 0.3) is 11.8 Å². The lowest BCUT2D eigenvalue weighted by Gasteiger charge is -2.16. The Labute approximate surface area is 177 Å². The van der Waals surface area contributed by atoms with E-state index in [0.29, 0.717) is 5.75 Å². The van der Waals surface area contributed by atoms with Crippen molar-refractivity contribution in [1.82, 2.24) is 0 Å². The smallest absolute Gasteiger partial charge is 0.335 e. The Hall–Kier alpha value is -3.98. The molecule has 0 spiro atoms. The predicted molar refractivity (Wildman–Crippen MR) is 109 cm³/mol. The van der Waals surface area contributed by atoms with Crippen LogP contribution in [0.1, 0.15) is 31.1 Å². The molecule has 31 heavy (non-hydrogen) atoms. The summed E-state index contributed by atoms with van der Waals surface area (Å²) in [5.41, 5.74) is 0.237. The molecule has 4 rings (SSSR count). The van der Waals surface area contributed by atoms with Crippen molar-refractivity contribution in [2.75, 3.05) is 12.0 Å². The van der Waals surface area contributed by atoms with Crippen LogP contribution < -0.4 is 9.64 Å². The molecule has 8 nitrogen and oxygen atoms in total. The topological polar surface area (TPSA) is 118 Å². The van der Waals surface area contributed by atoms with Gasteiger partial charge in [0.2, 0.25) is 9.84 Å². The maximum Gasteiger partial charge on any atom is 0.335 e. The van der Waals surface area contributed by atoms with Crippen LogP contribution in [0.3, 0.4) is 0 Å². The summed E-state index contributed by atoms with van der Waals surface area (Å²) < 4.78 is 31.2. The van der Waals surface area contributed by atoms with Crippen LogP contribution >= 0.6 is 0 Å². The van der Waals surface area contributed by atoms with Crippen LogP contribution in [-0.2, 0) is 9.84 Å². The number of rotatable bonds is 5. The third kappa shape index (κ3) is 3.24. The molecule has 156 valence electrons. The highest BCUT2D eigenvalue weighted by Gasteiger charge is 2.39. The van der Waals surface area contributed by atoms with Gasteiger partial charge in [-0.2, -0.15) is 0 Å². The quantitative estimate of drug-likeness (QED) is 0.610. The first-order valence-electron chi connectivity index (χ1n) is 9.00. The largest absolute Gasteiger partial charge is 0.495 e. The first kappa shape index (κ1) is 20.3. The van der Waals surface area contributed by atoms with E-state index in [-0.39, 0.29) is 32.2 Å². The highest BCUT2D eigenvalue weighted by molar-refractivity contribution is 7.91. The molecule has 1 aliphatic heterocycles. The number of fused-ring (bicyclic) bond motifs is 1. The standard InChI is InChI=1S/C22H15NO7S/c1-30-19-5-3-2-4-18(19)23-20(24)16-11-10-15(12-17(16)21(23)25)31(28,29)14-8-6-13(7-9-14)22(26)27/h2-12H,1H3,(H,26,27). The van der Waals surface area contributed by atoms with Crippen LogP contribution in [0.2, 0.25) is 0 Å². The fourth-order valence-electron chi connectivity index (χ4n) is 3.33. The number of carboxylic acid groups (broad SMARTS) is 1. The van der Waals surface area contributed by atoms with E-state index in [1.54, 1.807) is 24.3 Å². The average molecular weight is 437 g/mol. The maximum absolute atomic E-state index is 13.0. The number of carbonyl (C=O) groups is 3. The van der Waals surface area contributed by atoms with E-state index >= 15 is 0 Å². The molecule has 0 saturated carbocycles. The molecule has 0 aliphatic carbocycles. The van der Waals surface area contributed by atoms with Crippen LogP contribution in [0, 0.1) is 0 Å². The van der Waals surface area contributed by atoms with E-state index < -0.39 is 27.6 Å². The van der Waals surface area contributed by atoms with Crippen molar-refractivity contribution in [3.8, 4) is 5.75 Å². The van der Waals surface area contributed by atoms with E-state index in [1.807, 2.05) is 0 Å². The summed E-state index contributed by atoms with van der Waals surface area (Å²) in [6.45, 7) is 0. The minimum absolute atomic E-state index is 0.0425. The van der Waals surface area contributed by atoms with E-state index in [4.69, 9.17) is 9.84 Å². The summed E-state index contributed by atoms with van der Waals surface area (Å²) in [4.78, 5) is 37.5. The zero-order chi connectivity index (χ0) is 22.3. The van der Waals surface area contributed by atoms with E-state index in [1.165, 1.54) is 43.5 Å². The normalized spacial score (nSPS) is 13.3. The first-order valence-corrected chi connectivity index (χ1v) is 10.5. The summed E-state index contributed by atoms with van der Waals surface area (Å²) >= 11 is 0. The SMILES string of the molecule is COc1ccccc1N1C(=O)c2ccc(S(=O)(=O)c3ccc(C(=O)O)cc3)cc2C1=O. The van der Waals surface area contributed by atoms with Gasteiger partial charge in [-0.25, -0.2) is 18.1 Å². The van der Waals surface area contributed by atoms with Gasteiger partial charge in [-0.1, -0.05) is 12.1 Å². The highest BCUT2D eigenvalue weighted by atomic mass is 32.2. The zero-order valence-corrected chi connectivity index (χ0v) is 16.9. The third-order valence-corrected chi connectivity index (χ3v) is 6.67. The summed E-state index contributed by atoms with van der Waals surface area (Å²) in [6.07, 6.45) is 0. The molecule has 0 atom stereocenters. The lowest BCUT2D eigenvalue weighted by molar-refractivity contribution is 0.0696. The van der Waals surface area contributed by atoms with Crippen molar-refractivity contribution in [1.29, 1.82) is 0 Å². The molecule has 3 aromatic carbocycles. The van der Waals surface area contributed by atoms with E-state index in [0.717, 1.165) is 11.0 Å². The van der Waals surface area contributed by atoms with Crippen molar-refractivity contribution in [3.63, 3.8) is 0 Å². The second kappa shape index (κ2) is 7.37. The number of nitrogens with zero attached hydrogens (tertiary/aromatic N) is 1. The summed E-state index contributed by atoms with van der Waals surface area (Å²) in [7, 11) is -2.62. The molecule has 0 unspecified atom stereocenters. The summed E-state index contributed by atoms with van der Waals surface area (Å²) in [5, 5.41) is 8.98. The van der Waals surface area contributed by atoms with Crippen molar-refractivity contribution < 1.29 is 32.6 Å². The van der Waals surface area contributed by atoms with Gasteiger partial charge in [-0.05, 0) is 54.6 Å². The van der Waals surface area contributed by atoms with Crippen molar-refractivity contribution in [2.24, 2.45) is 0 Å². The Morgan fingerprint density at radius 2 is 1.48 bits per heavy atom. The van der Waals surface area contributed by atoms with Gasteiger partial charge in [0.05, 0.1) is 39.3 Å². The number of para-hydroxylation sites is 2. The summed E-state index contributed by atoms with van der Waals surface area (Å²) in [6, 6.07) is 14.9. The Balaban J connectivity index is 1.76. The Kier molecular flexibility index (Phi) is 4.82. The lowest BCUT2D eigenvalue weighted by Crippen LogP contribution is -2.29. The minimum Gasteiger partial charge on any atom is -0.495 e. The van der Waals surface area contributed by atoms with Gasteiger partial charge < -0.3 is 9.84 Å². The van der Waals surface area contributed by atoms with Gasteiger partial charge in [-0.15, -0.1) is 0 Å². The Morgan fingerprint density at radius 1 is 0.871 bits per heavy atom.